The van der Waals surface area contributed by atoms with Gasteiger partial charge in [0.1, 0.15) is 0 Å². The Balaban J connectivity index is 2.02. The number of likely N-dealkylation sites (tertiary alicyclic amines) is 1. The summed E-state index contributed by atoms with van der Waals surface area (Å²) in [6.07, 6.45) is 5.17. The van der Waals surface area contributed by atoms with Crippen LogP contribution in [0.2, 0.25) is 0 Å². The zero-order valence-corrected chi connectivity index (χ0v) is 12.8. The van der Waals surface area contributed by atoms with Crippen LogP contribution >= 0.6 is 11.3 Å². The Kier molecular flexibility index (Phi) is 5.79. The van der Waals surface area contributed by atoms with Crippen LogP contribution in [0.25, 0.3) is 0 Å². The van der Waals surface area contributed by atoms with Crippen LogP contribution in [-0.2, 0) is 22.5 Å². The quantitative estimate of drug-likeness (QED) is 0.844. The Bertz CT molecular complexity index is 487. The van der Waals surface area contributed by atoms with E-state index in [1.54, 1.807) is 6.92 Å². The molecule has 6 heteroatoms. The molecule has 1 aliphatic heterocycles. The number of hydrogen-bond donors (Lipinski definition) is 1. The lowest BCUT2D eigenvalue weighted by Gasteiger charge is -2.19. The van der Waals surface area contributed by atoms with Gasteiger partial charge in [0.15, 0.2) is 0 Å². The molecular weight excluding hydrogens is 276 g/mol. The van der Waals surface area contributed by atoms with E-state index in [0.29, 0.717) is 6.61 Å². The van der Waals surface area contributed by atoms with E-state index in [9.17, 15) is 9.59 Å². The summed E-state index contributed by atoms with van der Waals surface area (Å²) in [5.74, 6) is -0.279. The third-order valence-electron chi connectivity index (χ3n) is 3.50. The summed E-state index contributed by atoms with van der Waals surface area (Å²) in [6.45, 7) is 5.06. The monoisotopic (exact) mass is 298 g/mol. The molecule has 1 aliphatic rings. The molecule has 0 saturated carbocycles. The standard InChI is InChI=1S/C14H22N2O3S/c1-2-19-13(17)9-11-12(20-14(18)15-11)10-16-7-5-3-4-6-8-16/h2-10H2,1H3,(H,15,18). The van der Waals surface area contributed by atoms with Gasteiger partial charge in [0.25, 0.3) is 0 Å². The summed E-state index contributed by atoms with van der Waals surface area (Å²) in [4.78, 5) is 29.2. The van der Waals surface area contributed by atoms with E-state index < -0.39 is 0 Å². The molecule has 0 radical (unpaired) electrons. The van der Waals surface area contributed by atoms with Crippen LogP contribution in [0.3, 0.4) is 0 Å². The molecule has 0 amide bonds. The molecule has 1 fully saturated rings. The molecule has 2 heterocycles. The van der Waals surface area contributed by atoms with Crippen molar-refractivity contribution < 1.29 is 9.53 Å². The second kappa shape index (κ2) is 7.59. The number of carbonyl (C=O) groups excluding carboxylic acids is 1. The van der Waals surface area contributed by atoms with Gasteiger partial charge in [-0.15, -0.1) is 0 Å². The van der Waals surface area contributed by atoms with Crippen LogP contribution in [-0.4, -0.2) is 35.5 Å². The lowest BCUT2D eigenvalue weighted by atomic mass is 10.2. The number of rotatable bonds is 5. The van der Waals surface area contributed by atoms with Crippen LogP contribution in [0.1, 0.15) is 43.2 Å². The highest BCUT2D eigenvalue weighted by atomic mass is 32.1. The molecule has 0 bridgehead atoms. The molecular formula is C14H22N2O3S. The first-order valence-electron chi connectivity index (χ1n) is 7.28. The third-order valence-corrected chi connectivity index (χ3v) is 4.41. The number of esters is 1. The van der Waals surface area contributed by atoms with E-state index in [4.69, 9.17) is 4.74 Å². The van der Waals surface area contributed by atoms with Crippen molar-refractivity contribution in [1.29, 1.82) is 0 Å². The molecule has 1 saturated heterocycles. The molecule has 1 aromatic heterocycles. The van der Waals surface area contributed by atoms with E-state index in [2.05, 4.69) is 9.88 Å². The van der Waals surface area contributed by atoms with E-state index >= 15 is 0 Å². The van der Waals surface area contributed by atoms with Gasteiger partial charge in [-0.05, 0) is 32.9 Å². The second-order valence-corrected chi connectivity index (χ2v) is 6.16. The Hall–Kier alpha value is -1.14. The fourth-order valence-electron chi connectivity index (χ4n) is 2.52. The van der Waals surface area contributed by atoms with Crippen molar-refractivity contribution >= 4 is 17.3 Å². The third kappa shape index (κ3) is 4.45. The molecule has 1 aromatic rings. The summed E-state index contributed by atoms with van der Waals surface area (Å²) in [6, 6.07) is 0. The minimum absolute atomic E-state index is 0.0888. The van der Waals surface area contributed by atoms with Crippen LogP contribution in [0, 0.1) is 0 Å². The van der Waals surface area contributed by atoms with Gasteiger partial charge in [-0.1, -0.05) is 24.2 Å². The molecule has 0 aliphatic carbocycles. The van der Waals surface area contributed by atoms with Gasteiger partial charge in [0.05, 0.1) is 13.0 Å². The number of aromatic nitrogens is 1. The number of carbonyl (C=O) groups is 1. The number of nitrogens with one attached hydrogen (secondary N) is 1. The normalized spacial score (nSPS) is 16.9. The molecule has 112 valence electrons. The summed E-state index contributed by atoms with van der Waals surface area (Å²) in [5, 5.41) is 0. The van der Waals surface area contributed by atoms with Gasteiger partial charge in [-0.2, -0.15) is 0 Å². The van der Waals surface area contributed by atoms with Gasteiger partial charge < -0.3 is 9.72 Å². The van der Waals surface area contributed by atoms with Crippen LogP contribution in [0.15, 0.2) is 4.79 Å². The summed E-state index contributed by atoms with van der Waals surface area (Å²) in [7, 11) is 0. The minimum Gasteiger partial charge on any atom is -0.466 e. The van der Waals surface area contributed by atoms with Crippen molar-refractivity contribution in [2.45, 2.75) is 45.6 Å². The molecule has 1 N–H and O–H groups in total. The van der Waals surface area contributed by atoms with E-state index in [1.165, 1.54) is 37.0 Å². The fourth-order valence-corrected chi connectivity index (χ4v) is 3.41. The molecule has 0 spiro atoms. The Morgan fingerprint density at radius 3 is 2.65 bits per heavy atom. The average Bonchev–Trinajstić information content (AvgIpc) is 2.62. The highest BCUT2D eigenvalue weighted by Crippen LogP contribution is 2.17. The van der Waals surface area contributed by atoms with Gasteiger partial charge in [-0.25, -0.2) is 0 Å². The zero-order valence-electron chi connectivity index (χ0n) is 11.9. The molecule has 0 atom stereocenters. The Morgan fingerprint density at radius 2 is 2.00 bits per heavy atom. The van der Waals surface area contributed by atoms with Crippen LogP contribution in [0.5, 0.6) is 0 Å². The predicted octanol–water partition coefficient (Wildman–Crippen LogP) is 1.92. The average molecular weight is 298 g/mol. The van der Waals surface area contributed by atoms with Crippen molar-refractivity contribution in [3.05, 3.63) is 20.2 Å². The maximum Gasteiger partial charge on any atom is 0.311 e. The maximum absolute atomic E-state index is 11.6. The first-order chi connectivity index (χ1) is 9.69. The van der Waals surface area contributed by atoms with Gasteiger partial charge in [0.2, 0.25) is 0 Å². The SMILES string of the molecule is CCOC(=O)Cc1[nH]c(=O)sc1CN1CCCCCC1. The smallest absolute Gasteiger partial charge is 0.311 e. The summed E-state index contributed by atoms with van der Waals surface area (Å²) >= 11 is 1.21. The molecule has 2 rings (SSSR count). The highest BCUT2D eigenvalue weighted by molar-refractivity contribution is 7.09. The van der Waals surface area contributed by atoms with Crippen molar-refractivity contribution in [2.24, 2.45) is 0 Å². The molecule has 5 nitrogen and oxygen atoms in total. The molecule has 0 aromatic carbocycles. The minimum atomic E-state index is -0.279. The maximum atomic E-state index is 11.6. The Labute approximate surface area is 122 Å². The molecule has 0 unspecified atom stereocenters. The lowest BCUT2D eigenvalue weighted by Crippen LogP contribution is -2.24. The number of thiazole rings is 1. The fraction of sp³-hybridized carbons (Fsp3) is 0.714. The van der Waals surface area contributed by atoms with Crippen molar-refractivity contribution in [3.63, 3.8) is 0 Å². The van der Waals surface area contributed by atoms with Crippen LogP contribution in [0.4, 0.5) is 0 Å². The first kappa shape index (κ1) is 15.3. The highest BCUT2D eigenvalue weighted by Gasteiger charge is 2.17. The van der Waals surface area contributed by atoms with Crippen molar-refractivity contribution in [3.8, 4) is 0 Å². The van der Waals surface area contributed by atoms with Crippen molar-refractivity contribution in [1.82, 2.24) is 9.88 Å². The van der Waals surface area contributed by atoms with E-state index in [1.807, 2.05) is 0 Å². The largest absolute Gasteiger partial charge is 0.466 e. The number of hydrogen-bond acceptors (Lipinski definition) is 5. The number of H-pyrrole nitrogens is 1. The van der Waals surface area contributed by atoms with Gasteiger partial charge in [0, 0.05) is 17.1 Å². The first-order valence-corrected chi connectivity index (χ1v) is 8.09. The van der Waals surface area contributed by atoms with Crippen molar-refractivity contribution in [2.75, 3.05) is 19.7 Å². The zero-order chi connectivity index (χ0) is 14.4. The van der Waals surface area contributed by atoms with Gasteiger partial charge in [-0.3, -0.25) is 14.5 Å². The van der Waals surface area contributed by atoms with Gasteiger partial charge >= 0.3 is 10.8 Å². The topological polar surface area (TPSA) is 62.4 Å². The number of ether oxygens (including phenoxy) is 1. The lowest BCUT2D eigenvalue weighted by molar-refractivity contribution is -0.142. The number of nitrogens with zero attached hydrogens (tertiary/aromatic N) is 1. The molecule has 20 heavy (non-hydrogen) atoms. The van der Waals surface area contributed by atoms with E-state index in [-0.39, 0.29) is 17.3 Å². The van der Waals surface area contributed by atoms with Crippen LogP contribution < -0.4 is 4.87 Å². The van der Waals surface area contributed by atoms with E-state index in [0.717, 1.165) is 30.2 Å². The summed E-state index contributed by atoms with van der Waals surface area (Å²) < 4.78 is 4.95. The summed E-state index contributed by atoms with van der Waals surface area (Å²) in [5.41, 5.74) is 0.725. The predicted molar refractivity (Wildman–Crippen MR) is 79.0 cm³/mol. The Morgan fingerprint density at radius 1 is 1.30 bits per heavy atom. The second-order valence-electron chi connectivity index (χ2n) is 5.09. The number of aromatic amines is 1.